The minimum Gasteiger partial charge on any atom is -0.463 e. The number of benzene rings is 1. The van der Waals surface area contributed by atoms with Crippen LogP contribution in [0.25, 0.3) is 0 Å². The van der Waals surface area contributed by atoms with E-state index >= 15 is 0 Å². The van der Waals surface area contributed by atoms with Gasteiger partial charge in [0.2, 0.25) is 5.91 Å². The van der Waals surface area contributed by atoms with Crippen LogP contribution in [-0.4, -0.2) is 43.8 Å². The molecule has 8 heteroatoms. The summed E-state index contributed by atoms with van der Waals surface area (Å²) >= 11 is 0. The van der Waals surface area contributed by atoms with Gasteiger partial charge in [0.05, 0.1) is 31.0 Å². The summed E-state index contributed by atoms with van der Waals surface area (Å²) in [5, 5.41) is 13.5. The van der Waals surface area contributed by atoms with Crippen molar-refractivity contribution >= 4 is 23.7 Å². The van der Waals surface area contributed by atoms with Gasteiger partial charge in [0, 0.05) is 30.2 Å². The summed E-state index contributed by atoms with van der Waals surface area (Å²) in [7, 11) is 1.32. The second-order valence-corrected chi connectivity index (χ2v) is 8.24. The average molecular weight is 435 g/mol. The number of fused-ring (bicyclic) bond motifs is 1. The lowest BCUT2D eigenvalue weighted by Gasteiger charge is -2.44. The zero-order valence-electron chi connectivity index (χ0n) is 18.1. The van der Waals surface area contributed by atoms with E-state index in [0.29, 0.717) is 41.7 Å². The van der Waals surface area contributed by atoms with Crippen LogP contribution in [0, 0.1) is 11.3 Å². The number of carbonyl (C=O) groups excluding carboxylic acids is 3. The molecule has 1 aliphatic carbocycles. The van der Waals surface area contributed by atoms with Crippen LogP contribution in [-0.2, 0) is 24.5 Å². The summed E-state index contributed by atoms with van der Waals surface area (Å²) in [6.45, 7) is 2.22. The highest BCUT2D eigenvalue weighted by Crippen LogP contribution is 2.50. The van der Waals surface area contributed by atoms with Crippen LogP contribution >= 0.6 is 0 Å². The predicted octanol–water partition coefficient (Wildman–Crippen LogP) is 2.89. The molecule has 166 valence electrons. The number of ether oxygens (including phenoxy) is 2. The first-order valence-corrected chi connectivity index (χ1v) is 10.7. The number of hydrogen-bond acceptors (Lipinski definition) is 6. The van der Waals surface area contributed by atoms with E-state index in [2.05, 4.69) is 11.4 Å². The normalized spacial score (nSPS) is 26.4. The quantitative estimate of drug-likeness (QED) is 0.732. The van der Waals surface area contributed by atoms with Crippen LogP contribution < -0.4 is 10.2 Å². The summed E-state index contributed by atoms with van der Waals surface area (Å²) in [4.78, 5) is 38.8. The van der Waals surface area contributed by atoms with E-state index < -0.39 is 23.0 Å². The van der Waals surface area contributed by atoms with Gasteiger partial charge in [-0.1, -0.05) is 24.3 Å². The Morgan fingerprint density at radius 2 is 2.06 bits per heavy atom. The van der Waals surface area contributed by atoms with Gasteiger partial charge in [0.25, 0.3) is 0 Å². The van der Waals surface area contributed by atoms with E-state index in [1.807, 2.05) is 12.1 Å². The summed E-state index contributed by atoms with van der Waals surface area (Å²) in [6, 6.07) is 9.72. The van der Waals surface area contributed by atoms with Crippen molar-refractivity contribution in [2.45, 2.75) is 43.6 Å². The smallest absolute Gasteiger partial charge is 0.414 e. The Morgan fingerprint density at radius 3 is 2.72 bits per heavy atom. The Morgan fingerprint density at radius 1 is 1.28 bits per heavy atom. The van der Waals surface area contributed by atoms with E-state index in [1.54, 1.807) is 25.1 Å². The highest BCUT2D eigenvalue weighted by atomic mass is 16.5. The second kappa shape index (κ2) is 8.15. The molecule has 2 atom stereocenters. The van der Waals surface area contributed by atoms with Crippen molar-refractivity contribution in [3.63, 3.8) is 0 Å². The number of anilines is 1. The molecule has 2 heterocycles. The first-order chi connectivity index (χ1) is 15.4. The summed E-state index contributed by atoms with van der Waals surface area (Å²) in [6.07, 6.45) is 4.39. The number of amides is 2. The summed E-state index contributed by atoms with van der Waals surface area (Å²) < 4.78 is 10.3. The standard InChI is InChI=1S/C24H25N3O5/c1-3-32-21(29)16-14-23(11-9-20(28)26-23)10-8-17(16)24(15-25)12-13-27(22(30)31-2)19-7-5-4-6-18(19)24/h4-7,9,11H,3,8,10,12-14H2,1-2H3,(H,26,28)/t23-,24+/m0/s1. The number of nitrogens with one attached hydrogen (secondary N) is 1. The molecule has 2 amide bonds. The number of nitrogens with zero attached hydrogens (tertiary/aromatic N) is 2. The number of esters is 1. The molecule has 2 aliphatic heterocycles. The van der Waals surface area contributed by atoms with Crippen LogP contribution in [0.1, 0.15) is 38.2 Å². The minimum atomic E-state index is -1.09. The third-order valence-corrected chi connectivity index (χ3v) is 6.59. The van der Waals surface area contributed by atoms with Gasteiger partial charge in [0.1, 0.15) is 5.41 Å². The van der Waals surface area contributed by atoms with Gasteiger partial charge >= 0.3 is 12.1 Å². The Kier molecular flexibility index (Phi) is 5.51. The molecule has 8 nitrogen and oxygen atoms in total. The topological polar surface area (TPSA) is 109 Å². The monoisotopic (exact) mass is 435 g/mol. The Hall–Kier alpha value is -3.60. The van der Waals surface area contributed by atoms with Gasteiger partial charge in [-0.2, -0.15) is 5.26 Å². The van der Waals surface area contributed by atoms with Crippen LogP contribution in [0.3, 0.4) is 0 Å². The highest BCUT2D eigenvalue weighted by Gasteiger charge is 2.50. The average Bonchev–Trinajstić information content (AvgIpc) is 3.17. The third kappa shape index (κ3) is 3.34. The molecule has 0 unspecified atom stereocenters. The lowest BCUT2D eigenvalue weighted by atomic mass is 9.63. The number of nitriles is 1. The lowest BCUT2D eigenvalue weighted by Crippen LogP contribution is -2.49. The zero-order valence-corrected chi connectivity index (χ0v) is 18.1. The number of para-hydroxylation sites is 1. The minimum absolute atomic E-state index is 0.191. The van der Waals surface area contributed by atoms with E-state index in [9.17, 15) is 19.6 Å². The Balaban J connectivity index is 1.87. The lowest BCUT2D eigenvalue weighted by molar-refractivity contribution is -0.139. The molecule has 32 heavy (non-hydrogen) atoms. The van der Waals surface area contributed by atoms with E-state index in [0.717, 1.165) is 0 Å². The fourth-order valence-corrected chi connectivity index (χ4v) is 5.11. The molecule has 1 aromatic rings. The molecule has 1 spiro atoms. The molecular formula is C24H25N3O5. The molecule has 0 bridgehead atoms. The highest BCUT2D eigenvalue weighted by molar-refractivity contribution is 5.95. The Bertz CT molecular complexity index is 1090. The fraction of sp³-hybridized carbons (Fsp3) is 0.417. The van der Waals surface area contributed by atoms with Crippen LogP contribution in [0.15, 0.2) is 47.6 Å². The van der Waals surface area contributed by atoms with Crippen molar-refractivity contribution < 1.29 is 23.9 Å². The van der Waals surface area contributed by atoms with Crippen molar-refractivity contribution in [3.05, 3.63) is 53.1 Å². The first-order valence-electron chi connectivity index (χ1n) is 10.7. The van der Waals surface area contributed by atoms with Crippen molar-refractivity contribution in [1.29, 1.82) is 5.26 Å². The van der Waals surface area contributed by atoms with E-state index in [4.69, 9.17) is 9.47 Å². The van der Waals surface area contributed by atoms with Gasteiger partial charge in [-0.3, -0.25) is 9.69 Å². The van der Waals surface area contributed by atoms with Gasteiger partial charge < -0.3 is 14.8 Å². The first kappa shape index (κ1) is 21.6. The molecule has 0 radical (unpaired) electrons. The molecule has 4 rings (SSSR count). The third-order valence-electron chi connectivity index (χ3n) is 6.59. The zero-order chi connectivity index (χ0) is 22.9. The molecule has 0 fully saturated rings. The van der Waals surface area contributed by atoms with Crippen molar-refractivity contribution in [2.24, 2.45) is 0 Å². The van der Waals surface area contributed by atoms with Crippen molar-refractivity contribution in [3.8, 4) is 6.07 Å². The number of hydrogen-bond donors (Lipinski definition) is 1. The van der Waals surface area contributed by atoms with Crippen LogP contribution in [0.2, 0.25) is 0 Å². The maximum Gasteiger partial charge on any atom is 0.414 e. The molecule has 0 saturated heterocycles. The molecule has 3 aliphatic rings. The second-order valence-electron chi connectivity index (χ2n) is 8.24. The number of rotatable bonds is 3. The molecule has 0 saturated carbocycles. The number of allylic oxidation sites excluding steroid dienone is 1. The molecule has 0 aromatic heterocycles. The number of carbonyl (C=O) groups is 3. The van der Waals surface area contributed by atoms with Gasteiger partial charge in [-0.25, -0.2) is 9.59 Å². The van der Waals surface area contributed by atoms with E-state index in [1.165, 1.54) is 18.1 Å². The molecular weight excluding hydrogens is 410 g/mol. The Labute approximate surface area is 186 Å². The SMILES string of the molecule is CCOC(=O)C1=C([C@]2(C#N)CCN(C(=O)OC)c3ccccc32)CC[C@]2(C=CC(=O)N2)C1. The molecule has 1 aromatic carbocycles. The number of methoxy groups -OCH3 is 1. The maximum atomic E-state index is 13.1. The van der Waals surface area contributed by atoms with Crippen LogP contribution in [0.4, 0.5) is 10.5 Å². The van der Waals surface area contributed by atoms with Gasteiger partial charge in [-0.15, -0.1) is 0 Å². The predicted molar refractivity (Wildman–Crippen MR) is 116 cm³/mol. The molecule has 1 N–H and O–H groups in total. The summed E-state index contributed by atoms with van der Waals surface area (Å²) in [5.74, 6) is -0.665. The van der Waals surface area contributed by atoms with Crippen LogP contribution in [0.5, 0.6) is 0 Å². The van der Waals surface area contributed by atoms with Crippen molar-refractivity contribution in [2.75, 3.05) is 25.2 Å². The fourth-order valence-electron chi connectivity index (χ4n) is 5.11. The summed E-state index contributed by atoms with van der Waals surface area (Å²) in [5.41, 5.74) is 0.654. The maximum absolute atomic E-state index is 13.1. The largest absolute Gasteiger partial charge is 0.463 e. The van der Waals surface area contributed by atoms with E-state index in [-0.39, 0.29) is 25.5 Å². The van der Waals surface area contributed by atoms with Crippen molar-refractivity contribution in [1.82, 2.24) is 5.32 Å². The van der Waals surface area contributed by atoms with Gasteiger partial charge in [0.15, 0.2) is 0 Å². The van der Waals surface area contributed by atoms with Gasteiger partial charge in [-0.05, 0) is 37.8 Å².